The number of amides is 3. The lowest BCUT2D eigenvalue weighted by Crippen LogP contribution is -2.52. The molecule has 3 amide bonds. The van der Waals surface area contributed by atoms with Gasteiger partial charge in [0.25, 0.3) is 0 Å². The van der Waals surface area contributed by atoms with E-state index in [-0.39, 0.29) is 18.0 Å². The van der Waals surface area contributed by atoms with Crippen molar-refractivity contribution in [2.45, 2.75) is 32.0 Å². The Hall–Kier alpha value is -4.07. The molecule has 2 aromatic carbocycles. The highest BCUT2D eigenvalue weighted by Gasteiger charge is 2.34. The summed E-state index contributed by atoms with van der Waals surface area (Å²) in [6.45, 7) is 2.55. The quantitative estimate of drug-likeness (QED) is 0.547. The van der Waals surface area contributed by atoms with Crippen LogP contribution < -0.4 is 20.1 Å². The summed E-state index contributed by atoms with van der Waals surface area (Å²) in [6, 6.07) is 16.1. The topological polar surface area (TPSA) is 92.8 Å². The summed E-state index contributed by atoms with van der Waals surface area (Å²) >= 11 is 0. The number of nitrogens with one attached hydrogen (secondary N) is 2. The summed E-state index contributed by atoms with van der Waals surface area (Å²) in [6.07, 6.45) is 4.01. The number of carbonyl (C=O) groups excluding carboxylic acids is 2. The van der Waals surface area contributed by atoms with Gasteiger partial charge in [-0.15, -0.1) is 0 Å². The van der Waals surface area contributed by atoms with Crippen LogP contribution >= 0.6 is 0 Å². The van der Waals surface area contributed by atoms with Crippen molar-refractivity contribution in [2.75, 3.05) is 20.8 Å². The number of methoxy groups -OCH3 is 2. The van der Waals surface area contributed by atoms with E-state index in [1.54, 1.807) is 38.4 Å². The molecule has 0 radical (unpaired) electrons. The smallest absolute Gasteiger partial charge is 0.318 e. The van der Waals surface area contributed by atoms with E-state index in [4.69, 9.17) is 9.47 Å². The molecule has 0 unspecified atom stereocenters. The van der Waals surface area contributed by atoms with Gasteiger partial charge in [-0.3, -0.25) is 9.78 Å². The Morgan fingerprint density at radius 1 is 1.06 bits per heavy atom. The highest BCUT2D eigenvalue weighted by molar-refractivity contribution is 5.87. The lowest BCUT2D eigenvalue weighted by Gasteiger charge is -2.38. The lowest BCUT2D eigenvalue weighted by molar-refractivity contribution is -0.122. The molecule has 3 aromatic rings. The fourth-order valence-corrected chi connectivity index (χ4v) is 4.34. The molecule has 2 heterocycles. The number of aromatic nitrogens is 1. The number of rotatable bonds is 7. The Bertz CT molecular complexity index is 1170. The first-order chi connectivity index (χ1) is 17.0. The maximum absolute atomic E-state index is 13.4. The standard InChI is InChI=1S/C27H30N4O4/c1-18(26(32)29-17-19-9-12-28-13-10-19)30-27(33)31-14-11-21-15-23(34-2)24(35-3)16-22(21)25(31)20-7-5-4-6-8-20/h4-10,12-13,15-16,18,25H,11,14,17H2,1-3H3,(H,29,32)(H,30,33)/t18-,25+/m1/s1. The van der Waals surface area contributed by atoms with E-state index in [0.717, 1.165) is 22.3 Å². The largest absolute Gasteiger partial charge is 0.493 e. The minimum Gasteiger partial charge on any atom is -0.493 e. The Morgan fingerprint density at radius 3 is 2.43 bits per heavy atom. The molecule has 0 saturated carbocycles. The van der Waals surface area contributed by atoms with Gasteiger partial charge in [0.1, 0.15) is 6.04 Å². The highest BCUT2D eigenvalue weighted by atomic mass is 16.5. The zero-order valence-electron chi connectivity index (χ0n) is 20.2. The van der Waals surface area contributed by atoms with E-state index < -0.39 is 6.04 Å². The highest BCUT2D eigenvalue weighted by Crippen LogP contribution is 2.41. The van der Waals surface area contributed by atoms with E-state index in [2.05, 4.69) is 15.6 Å². The van der Waals surface area contributed by atoms with Crippen LogP contribution in [0.15, 0.2) is 67.0 Å². The molecule has 1 aliphatic rings. The Morgan fingerprint density at radius 2 is 1.74 bits per heavy atom. The molecule has 0 spiro atoms. The number of benzene rings is 2. The minimum atomic E-state index is -0.701. The molecular formula is C27H30N4O4. The van der Waals surface area contributed by atoms with Gasteiger partial charge in [-0.1, -0.05) is 30.3 Å². The Balaban J connectivity index is 1.55. The molecule has 2 N–H and O–H groups in total. The molecule has 0 aliphatic carbocycles. The number of pyridine rings is 1. The molecule has 182 valence electrons. The monoisotopic (exact) mass is 474 g/mol. The van der Waals surface area contributed by atoms with E-state index in [1.807, 2.05) is 54.6 Å². The van der Waals surface area contributed by atoms with Crippen LogP contribution in [0.25, 0.3) is 0 Å². The van der Waals surface area contributed by atoms with Crippen LogP contribution in [0.5, 0.6) is 11.5 Å². The zero-order chi connectivity index (χ0) is 24.8. The second kappa shape index (κ2) is 10.9. The number of urea groups is 1. The Labute approximate surface area is 205 Å². The molecule has 1 aromatic heterocycles. The van der Waals surface area contributed by atoms with Crippen molar-refractivity contribution >= 4 is 11.9 Å². The van der Waals surface area contributed by atoms with Crippen molar-refractivity contribution < 1.29 is 19.1 Å². The van der Waals surface area contributed by atoms with Crippen molar-refractivity contribution in [1.29, 1.82) is 0 Å². The van der Waals surface area contributed by atoms with Crippen molar-refractivity contribution in [1.82, 2.24) is 20.5 Å². The third-order valence-corrected chi connectivity index (χ3v) is 6.20. The number of hydrogen-bond donors (Lipinski definition) is 2. The summed E-state index contributed by atoms with van der Waals surface area (Å²) in [5.74, 6) is 1.02. The average Bonchev–Trinajstić information content (AvgIpc) is 2.91. The van der Waals surface area contributed by atoms with Gasteiger partial charge in [-0.25, -0.2) is 4.79 Å². The minimum absolute atomic E-state index is 0.254. The fourth-order valence-electron chi connectivity index (χ4n) is 4.34. The van der Waals surface area contributed by atoms with Gasteiger partial charge in [0.2, 0.25) is 5.91 Å². The van der Waals surface area contributed by atoms with Crippen molar-refractivity contribution in [3.63, 3.8) is 0 Å². The van der Waals surface area contributed by atoms with Gasteiger partial charge in [0.15, 0.2) is 11.5 Å². The predicted octanol–water partition coefficient (Wildman–Crippen LogP) is 3.46. The van der Waals surface area contributed by atoms with Crippen LogP contribution in [0.1, 0.15) is 35.2 Å². The van der Waals surface area contributed by atoms with Gasteiger partial charge in [-0.05, 0) is 59.9 Å². The Kier molecular flexibility index (Phi) is 7.50. The molecular weight excluding hydrogens is 444 g/mol. The predicted molar refractivity (Wildman–Crippen MR) is 132 cm³/mol. The molecule has 0 fully saturated rings. The molecule has 1 aliphatic heterocycles. The molecule has 4 rings (SSSR count). The van der Waals surface area contributed by atoms with Crippen LogP contribution in [0.4, 0.5) is 4.79 Å². The SMILES string of the molecule is COc1cc2c(cc1OC)[C@H](c1ccccc1)N(C(=O)N[C@H](C)C(=O)NCc1ccncc1)CC2. The normalized spacial score (nSPS) is 15.5. The third-order valence-electron chi connectivity index (χ3n) is 6.20. The second-order valence-electron chi connectivity index (χ2n) is 8.41. The van der Waals surface area contributed by atoms with Crippen molar-refractivity contribution in [3.8, 4) is 11.5 Å². The lowest BCUT2D eigenvalue weighted by atomic mass is 9.88. The molecule has 0 bridgehead atoms. The third kappa shape index (κ3) is 5.37. The van der Waals surface area contributed by atoms with E-state index in [1.165, 1.54) is 0 Å². The number of carbonyl (C=O) groups is 2. The summed E-state index contributed by atoms with van der Waals surface area (Å²) in [5, 5.41) is 5.74. The fraction of sp³-hybridized carbons (Fsp3) is 0.296. The van der Waals surface area contributed by atoms with Crippen LogP contribution in [0.2, 0.25) is 0 Å². The maximum Gasteiger partial charge on any atom is 0.318 e. The van der Waals surface area contributed by atoms with Crippen LogP contribution in [0.3, 0.4) is 0 Å². The summed E-state index contributed by atoms with van der Waals surface area (Å²) in [4.78, 5) is 31.8. The van der Waals surface area contributed by atoms with Crippen LogP contribution in [-0.4, -0.2) is 48.6 Å². The van der Waals surface area contributed by atoms with Gasteiger partial charge < -0.3 is 25.0 Å². The maximum atomic E-state index is 13.4. The van der Waals surface area contributed by atoms with Gasteiger partial charge in [-0.2, -0.15) is 0 Å². The van der Waals surface area contributed by atoms with Crippen LogP contribution in [0, 0.1) is 0 Å². The zero-order valence-corrected chi connectivity index (χ0v) is 20.2. The van der Waals surface area contributed by atoms with Gasteiger partial charge in [0.05, 0.1) is 20.3 Å². The van der Waals surface area contributed by atoms with Gasteiger partial charge in [0, 0.05) is 25.5 Å². The first kappa shape index (κ1) is 24.1. The average molecular weight is 475 g/mol. The van der Waals surface area contributed by atoms with Gasteiger partial charge >= 0.3 is 6.03 Å². The number of ether oxygens (including phenoxy) is 2. The summed E-state index contributed by atoms with van der Waals surface area (Å²) in [5.41, 5.74) is 3.99. The molecule has 0 saturated heterocycles. The van der Waals surface area contributed by atoms with E-state index in [0.29, 0.717) is 31.0 Å². The second-order valence-corrected chi connectivity index (χ2v) is 8.41. The van der Waals surface area contributed by atoms with Crippen molar-refractivity contribution in [3.05, 3.63) is 89.2 Å². The van der Waals surface area contributed by atoms with E-state index in [9.17, 15) is 9.59 Å². The molecule has 2 atom stereocenters. The first-order valence-electron chi connectivity index (χ1n) is 11.5. The molecule has 8 heteroatoms. The molecule has 35 heavy (non-hydrogen) atoms. The summed E-state index contributed by atoms with van der Waals surface area (Å²) in [7, 11) is 3.21. The number of hydrogen-bond acceptors (Lipinski definition) is 5. The first-order valence-corrected chi connectivity index (χ1v) is 11.5. The van der Waals surface area contributed by atoms with Crippen LogP contribution in [-0.2, 0) is 17.8 Å². The molecule has 8 nitrogen and oxygen atoms in total. The van der Waals surface area contributed by atoms with E-state index >= 15 is 0 Å². The summed E-state index contributed by atoms with van der Waals surface area (Å²) < 4.78 is 11.0. The number of fused-ring (bicyclic) bond motifs is 1. The number of nitrogens with zero attached hydrogens (tertiary/aromatic N) is 2. The van der Waals surface area contributed by atoms with Crippen molar-refractivity contribution in [2.24, 2.45) is 0 Å².